The van der Waals surface area contributed by atoms with Crippen LogP contribution in [0.4, 0.5) is 4.79 Å². The summed E-state index contributed by atoms with van der Waals surface area (Å²) < 4.78 is 5.42. The highest BCUT2D eigenvalue weighted by Crippen LogP contribution is 2.31. The van der Waals surface area contributed by atoms with Gasteiger partial charge in [0.1, 0.15) is 11.6 Å². The minimum absolute atomic E-state index is 0.150. The van der Waals surface area contributed by atoms with Crippen LogP contribution >= 0.6 is 11.8 Å². The molecule has 0 spiro atoms. The standard InChI is InChI=1S/C18H24N2O5S/c1-12(16(22)23)19-10-11-20(17(24)25-18(2,3)4)15(14(19)21)26-13-8-6-5-7-9-13/h5-9,12,15H,10-11H2,1-4H3,(H,22,23). The van der Waals surface area contributed by atoms with E-state index in [1.165, 1.54) is 28.5 Å². The molecule has 0 aliphatic carbocycles. The number of rotatable bonds is 4. The van der Waals surface area contributed by atoms with E-state index in [0.717, 1.165) is 4.90 Å². The lowest BCUT2D eigenvalue weighted by molar-refractivity contribution is -0.152. The molecule has 1 N–H and O–H groups in total. The van der Waals surface area contributed by atoms with Crippen molar-refractivity contribution in [2.45, 2.75) is 49.6 Å². The van der Waals surface area contributed by atoms with Gasteiger partial charge in [0.05, 0.1) is 0 Å². The minimum Gasteiger partial charge on any atom is -0.480 e. The van der Waals surface area contributed by atoms with E-state index in [1.807, 2.05) is 30.3 Å². The van der Waals surface area contributed by atoms with Gasteiger partial charge in [0, 0.05) is 18.0 Å². The van der Waals surface area contributed by atoms with E-state index >= 15 is 0 Å². The summed E-state index contributed by atoms with van der Waals surface area (Å²) in [5.41, 5.74) is -0.687. The maximum atomic E-state index is 12.9. The Hall–Kier alpha value is -2.22. The fourth-order valence-electron chi connectivity index (χ4n) is 2.49. The Bertz CT molecular complexity index is 674. The lowest BCUT2D eigenvalue weighted by Gasteiger charge is -2.41. The molecule has 8 heteroatoms. The van der Waals surface area contributed by atoms with Gasteiger partial charge in [0.15, 0.2) is 5.37 Å². The second kappa shape index (κ2) is 7.99. The molecule has 2 rings (SSSR count). The SMILES string of the molecule is CC(C(=O)O)N1CCN(C(=O)OC(C)(C)C)C(Sc2ccccc2)C1=O. The number of amides is 2. The summed E-state index contributed by atoms with van der Waals surface area (Å²) in [5.74, 6) is -1.49. The Morgan fingerprint density at radius 3 is 2.38 bits per heavy atom. The zero-order valence-corrected chi connectivity index (χ0v) is 16.2. The second-order valence-corrected chi connectivity index (χ2v) is 8.16. The largest absolute Gasteiger partial charge is 0.480 e. The van der Waals surface area contributed by atoms with E-state index in [2.05, 4.69) is 0 Å². The van der Waals surface area contributed by atoms with Crippen LogP contribution in [0.25, 0.3) is 0 Å². The number of carbonyl (C=O) groups is 3. The van der Waals surface area contributed by atoms with Crippen molar-refractivity contribution in [3.63, 3.8) is 0 Å². The minimum atomic E-state index is -1.08. The molecule has 142 valence electrons. The van der Waals surface area contributed by atoms with Crippen LogP contribution in [0.3, 0.4) is 0 Å². The molecule has 2 unspecified atom stereocenters. The Morgan fingerprint density at radius 2 is 1.85 bits per heavy atom. The van der Waals surface area contributed by atoms with Gasteiger partial charge >= 0.3 is 12.1 Å². The molecule has 0 bridgehead atoms. The van der Waals surface area contributed by atoms with Crippen LogP contribution in [0.1, 0.15) is 27.7 Å². The van der Waals surface area contributed by atoms with E-state index in [4.69, 9.17) is 4.74 Å². The van der Waals surface area contributed by atoms with Crippen molar-refractivity contribution in [3.8, 4) is 0 Å². The van der Waals surface area contributed by atoms with Gasteiger partial charge in [-0.15, -0.1) is 0 Å². The number of piperazine rings is 1. The first kappa shape index (κ1) is 20.1. The van der Waals surface area contributed by atoms with Crippen LogP contribution in [0.15, 0.2) is 35.2 Å². The summed E-state index contributed by atoms with van der Waals surface area (Å²) in [6.45, 7) is 7.10. The highest BCUT2D eigenvalue weighted by Gasteiger charge is 2.42. The third-order valence-corrected chi connectivity index (χ3v) is 5.03. The highest BCUT2D eigenvalue weighted by atomic mass is 32.2. The molecule has 1 aromatic carbocycles. The van der Waals surface area contributed by atoms with Crippen molar-refractivity contribution in [1.29, 1.82) is 0 Å². The molecule has 2 amide bonds. The molecular weight excluding hydrogens is 356 g/mol. The molecule has 26 heavy (non-hydrogen) atoms. The summed E-state index contributed by atoms with van der Waals surface area (Å²) in [6, 6.07) is 8.25. The second-order valence-electron chi connectivity index (χ2n) is 7.00. The van der Waals surface area contributed by atoms with Crippen molar-refractivity contribution in [2.24, 2.45) is 0 Å². The molecule has 0 aromatic heterocycles. The number of benzene rings is 1. The Balaban J connectivity index is 2.28. The van der Waals surface area contributed by atoms with E-state index in [1.54, 1.807) is 20.8 Å². The lowest BCUT2D eigenvalue weighted by atomic mass is 10.2. The van der Waals surface area contributed by atoms with Crippen LogP contribution in [0, 0.1) is 0 Å². The van der Waals surface area contributed by atoms with Gasteiger partial charge in [-0.25, -0.2) is 9.59 Å². The number of carbonyl (C=O) groups excluding carboxylic acids is 2. The quantitative estimate of drug-likeness (QED) is 0.864. The Labute approximate surface area is 157 Å². The average molecular weight is 380 g/mol. The third-order valence-electron chi connectivity index (χ3n) is 3.80. The first-order valence-corrected chi connectivity index (χ1v) is 9.23. The molecule has 1 fully saturated rings. The molecule has 1 saturated heterocycles. The number of hydrogen-bond donors (Lipinski definition) is 1. The molecule has 0 radical (unpaired) electrons. The molecule has 2 atom stereocenters. The van der Waals surface area contributed by atoms with Gasteiger partial charge in [0.2, 0.25) is 0 Å². The van der Waals surface area contributed by atoms with Crippen LogP contribution < -0.4 is 0 Å². The molecule has 1 aromatic rings. The number of aliphatic carboxylic acids is 1. The van der Waals surface area contributed by atoms with Crippen LogP contribution in [-0.2, 0) is 14.3 Å². The van der Waals surface area contributed by atoms with Crippen LogP contribution in [0.5, 0.6) is 0 Å². The topological polar surface area (TPSA) is 87.2 Å². The molecule has 7 nitrogen and oxygen atoms in total. The summed E-state index contributed by atoms with van der Waals surface area (Å²) >= 11 is 1.21. The smallest absolute Gasteiger partial charge is 0.411 e. The maximum Gasteiger partial charge on any atom is 0.411 e. The van der Waals surface area contributed by atoms with Gasteiger partial charge in [-0.1, -0.05) is 30.0 Å². The number of thioether (sulfide) groups is 1. The normalized spacial score (nSPS) is 19.2. The van der Waals surface area contributed by atoms with Gasteiger partial charge in [-0.2, -0.15) is 0 Å². The predicted molar refractivity (Wildman–Crippen MR) is 97.8 cm³/mol. The summed E-state index contributed by atoms with van der Waals surface area (Å²) in [6.07, 6.45) is -0.582. The molecule has 0 saturated carbocycles. The Kier molecular flexibility index (Phi) is 6.17. The number of ether oxygens (including phenoxy) is 1. The third kappa shape index (κ3) is 4.91. The maximum absolute atomic E-state index is 12.9. The fourth-order valence-corrected chi connectivity index (χ4v) is 3.61. The van der Waals surface area contributed by atoms with E-state index < -0.39 is 35.0 Å². The molecular formula is C18H24N2O5S. The van der Waals surface area contributed by atoms with E-state index in [0.29, 0.717) is 0 Å². The lowest BCUT2D eigenvalue weighted by Crippen LogP contribution is -2.61. The van der Waals surface area contributed by atoms with Crippen LogP contribution in [0.2, 0.25) is 0 Å². The zero-order chi connectivity index (χ0) is 19.5. The fraction of sp³-hybridized carbons (Fsp3) is 0.500. The monoisotopic (exact) mass is 380 g/mol. The molecule has 1 aliphatic rings. The first-order chi connectivity index (χ1) is 12.1. The van der Waals surface area contributed by atoms with Crippen molar-refractivity contribution in [3.05, 3.63) is 30.3 Å². The number of carboxylic acid groups (broad SMARTS) is 1. The summed E-state index contributed by atoms with van der Waals surface area (Å²) in [4.78, 5) is 40.3. The number of carboxylic acids is 1. The van der Waals surface area contributed by atoms with Crippen LogP contribution in [-0.4, -0.2) is 63.0 Å². The first-order valence-electron chi connectivity index (χ1n) is 8.35. The Morgan fingerprint density at radius 1 is 1.23 bits per heavy atom. The summed E-state index contributed by atoms with van der Waals surface area (Å²) in [7, 11) is 0. The van der Waals surface area contributed by atoms with Gasteiger partial charge in [-0.05, 0) is 39.8 Å². The van der Waals surface area contributed by atoms with Crippen molar-refractivity contribution < 1.29 is 24.2 Å². The molecule has 1 heterocycles. The number of hydrogen-bond acceptors (Lipinski definition) is 5. The van der Waals surface area contributed by atoms with Gasteiger partial charge < -0.3 is 14.7 Å². The number of nitrogens with zero attached hydrogens (tertiary/aromatic N) is 2. The molecule has 1 aliphatic heterocycles. The van der Waals surface area contributed by atoms with Crippen molar-refractivity contribution >= 4 is 29.7 Å². The van der Waals surface area contributed by atoms with Crippen molar-refractivity contribution in [1.82, 2.24) is 9.80 Å². The van der Waals surface area contributed by atoms with E-state index in [9.17, 15) is 19.5 Å². The average Bonchev–Trinajstić information content (AvgIpc) is 2.55. The van der Waals surface area contributed by atoms with Gasteiger partial charge in [-0.3, -0.25) is 9.69 Å². The van der Waals surface area contributed by atoms with E-state index in [-0.39, 0.29) is 13.1 Å². The summed E-state index contributed by atoms with van der Waals surface area (Å²) in [5, 5.41) is 8.38. The highest BCUT2D eigenvalue weighted by molar-refractivity contribution is 8.00. The van der Waals surface area contributed by atoms with Gasteiger partial charge in [0.25, 0.3) is 5.91 Å². The van der Waals surface area contributed by atoms with Crippen molar-refractivity contribution in [2.75, 3.05) is 13.1 Å². The predicted octanol–water partition coefficient (Wildman–Crippen LogP) is 2.66. The zero-order valence-electron chi connectivity index (χ0n) is 15.3.